The van der Waals surface area contributed by atoms with E-state index in [-0.39, 0.29) is 17.5 Å². The summed E-state index contributed by atoms with van der Waals surface area (Å²) in [6.07, 6.45) is 1.44. The van der Waals surface area contributed by atoms with Crippen LogP contribution in [0, 0.1) is 0 Å². The third-order valence-corrected chi connectivity index (χ3v) is 7.72. The second-order valence-corrected chi connectivity index (χ2v) is 9.98. The summed E-state index contributed by atoms with van der Waals surface area (Å²) < 4.78 is 28.9. The number of benzene rings is 1. The van der Waals surface area contributed by atoms with Crippen molar-refractivity contribution in [3.8, 4) is 5.75 Å². The molecule has 1 N–H and O–H groups in total. The van der Waals surface area contributed by atoms with E-state index in [2.05, 4.69) is 9.80 Å². The van der Waals surface area contributed by atoms with Gasteiger partial charge in [0.05, 0.1) is 17.1 Å². The van der Waals surface area contributed by atoms with Gasteiger partial charge in [-0.2, -0.15) is 0 Å². The summed E-state index contributed by atoms with van der Waals surface area (Å²) in [6.45, 7) is 5.65. The van der Waals surface area contributed by atoms with E-state index in [1.54, 1.807) is 12.1 Å². The van der Waals surface area contributed by atoms with Crippen LogP contribution in [0.25, 0.3) is 11.0 Å². The first kappa shape index (κ1) is 19.4. The van der Waals surface area contributed by atoms with Crippen LogP contribution in [0.5, 0.6) is 5.75 Å². The predicted molar refractivity (Wildman–Crippen MR) is 107 cm³/mol. The third-order valence-electron chi connectivity index (χ3n) is 5.97. The van der Waals surface area contributed by atoms with Crippen molar-refractivity contribution in [1.82, 2.24) is 9.80 Å². The molecular weight excluding hydrogens is 380 g/mol. The van der Waals surface area contributed by atoms with Crippen LogP contribution in [0.1, 0.15) is 24.5 Å². The molecule has 4 rings (SSSR count). The van der Waals surface area contributed by atoms with Gasteiger partial charge < -0.3 is 9.52 Å². The topological polar surface area (TPSA) is 91.1 Å². The monoisotopic (exact) mass is 406 g/mol. The summed E-state index contributed by atoms with van der Waals surface area (Å²) in [6, 6.07) is 5.10. The second-order valence-electron chi connectivity index (χ2n) is 7.75. The van der Waals surface area contributed by atoms with Crippen molar-refractivity contribution in [3.05, 3.63) is 39.7 Å². The van der Waals surface area contributed by atoms with E-state index in [9.17, 15) is 18.3 Å². The molecule has 2 aromatic rings. The summed E-state index contributed by atoms with van der Waals surface area (Å²) in [5, 5.41) is 11.3. The van der Waals surface area contributed by atoms with Gasteiger partial charge in [0.25, 0.3) is 0 Å². The van der Waals surface area contributed by atoms with Crippen molar-refractivity contribution < 1.29 is 17.9 Å². The normalized spacial score (nSPS) is 23.4. The van der Waals surface area contributed by atoms with E-state index in [1.807, 2.05) is 6.92 Å². The smallest absolute Gasteiger partial charge is 0.336 e. The van der Waals surface area contributed by atoms with E-state index in [0.29, 0.717) is 23.4 Å². The summed E-state index contributed by atoms with van der Waals surface area (Å²) in [5.41, 5.74) is 1.62. The number of hydrogen-bond acceptors (Lipinski definition) is 7. The van der Waals surface area contributed by atoms with Crippen molar-refractivity contribution in [2.24, 2.45) is 0 Å². The van der Waals surface area contributed by atoms with Gasteiger partial charge in [-0.1, -0.05) is 6.92 Å². The van der Waals surface area contributed by atoms with Crippen molar-refractivity contribution in [3.63, 3.8) is 0 Å². The number of rotatable bonds is 4. The molecule has 1 atom stereocenters. The number of hydrogen-bond donors (Lipinski definition) is 1. The Hall–Kier alpha value is -1.90. The molecule has 3 heterocycles. The quantitative estimate of drug-likeness (QED) is 0.767. The first-order chi connectivity index (χ1) is 13.4. The SMILES string of the molecule is CCc1cc(=O)oc2c(CN3CCN([C@H]4CCS(=O)(=O)C4)CC3)c(O)ccc12. The number of phenolic OH excluding ortho intramolecular Hbond substituents is 1. The molecule has 2 fully saturated rings. The molecule has 7 nitrogen and oxygen atoms in total. The van der Waals surface area contributed by atoms with Crippen LogP contribution < -0.4 is 5.63 Å². The van der Waals surface area contributed by atoms with Crippen molar-refractivity contribution in [2.75, 3.05) is 37.7 Å². The van der Waals surface area contributed by atoms with Gasteiger partial charge >= 0.3 is 5.63 Å². The van der Waals surface area contributed by atoms with Crippen LogP contribution >= 0.6 is 0 Å². The highest BCUT2D eigenvalue weighted by atomic mass is 32.2. The Morgan fingerprint density at radius 2 is 1.96 bits per heavy atom. The lowest BCUT2D eigenvalue weighted by Crippen LogP contribution is -2.50. The highest BCUT2D eigenvalue weighted by Gasteiger charge is 2.33. The highest BCUT2D eigenvalue weighted by Crippen LogP contribution is 2.30. The van der Waals surface area contributed by atoms with Crippen LogP contribution in [-0.2, 0) is 22.8 Å². The van der Waals surface area contributed by atoms with Crippen molar-refractivity contribution in [1.29, 1.82) is 0 Å². The van der Waals surface area contributed by atoms with E-state index in [1.165, 1.54) is 6.07 Å². The summed E-state index contributed by atoms with van der Waals surface area (Å²) in [5.74, 6) is 0.691. The maximum absolute atomic E-state index is 11.9. The fraction of sp³-hybridized carbons (Fsp3) is 0.550. The lowest BCUT2D eigenvalue weighted by molar-refractivity contribution is 0.0996. The zero-order valence-electron chi connectivity index (χ0n) is 16.1. The molecule has 28 heavy (non-hydrogen) atoms. The van der Waals surface area contributed by atoms with Gasteiger partial charge in [0.15, 0.2) is 9.84 Å². The minimum Gasteiger partial charge on any atom is -0.507 e. The van der Waals surface area contributed by atoms with Gasteiger partial charge in [-0.15, -0.1) is 0 Å². The van der Waals surface area contributed by atoms with Gasteiger partial charge in [-0.05, 0) is 30.5 Å². The number of aryl methyl sites for hydroxylation is 1. The van der Waals surface area contributed by atoms with E-state index in [4.69, 9.17) is 4.42 Å². The number of piperazine rings is 1. The summed E-state index contributed by atoms with van der Waals surface area (Å²) in [4.78, 5) is 16.4. The maximum atomic E-state index is 11.9. The van der Waals surface area contributed by atoms with E-state index >= 15 is 0 Å². The van der Waals surface area contributed by atoms with Gasteiger partial charge in [-0.3, -0.25) is 9.80 Å². The zero-order chi connectivity index (χ0) is 19.9. The highest BCUT2D eigenvalue weighted by molar-refractivity contribution is 7.91. The fourth-order valence-electron chi connectivity index (χ4n) is 4.36. The second kappa shape index (κ2) is 7.50. The first-order valence-corrected chi connectivity index (χ1v) is 11.6. The zero-order valence-corrected chi connectivity index (χ0v) is 16.9. The molecule has 2 aliphatic heterocycles. The fourth-order valence-corrected chi connectivity index (χ4v) is 6.12. The van der Waals surface area contributed by atoms with Crippen LogP contribution in [0.2, 0.25) is 0 Å². The van der Waals surface area contributed by atoms with Gasteiger partial charge in [0, 0.05) is 50.2 Å². The average molecular weight is 407 g/mol. The minimum absolute atomic E-state index is 0.128. The number of sulfone groups is 1. The number of aromatic hydroxyl groups is 1. The van der Waals surface area contributed by atoms with E-state index in [0.717, 1.165) is 50.0 Å². The molecule has 0 unspecified atom stereocenters. The Morgan fingerprint density at radius 3 is 2.61 bits per heavy atom. The average Bonchev–Trinajstić information content (AvgIpc) is 3.04. The maximum Gasteiger partial charge on any atom is 0.336 e. The van der Waals surface area contributed by atoms with Crippen molar-refractivity contribution in [2.45, 2.75) is 32.4 Å². The minimum atomic E-state index is -2.88. The molecule has 0 saturated carbocycles. The van der Waals surface area contributed by atoms with Crippen LogP contribution in [-0.4, -0.2) is 67.1 Å². The number of nitrogens with zero attached hydrogens (tertiary/aromatic N) is 2. The standard InChI is InChI=1S/C20H26N2O5S/c1-2-14-11-19(24)27-20-16(14)3-4-18(23)17(20)12-21-6-8-22(9-7-21)15-5-10-28(25,26)13-15/h3-4,11,15,23H,2,5-10,12-13H2,1H3/t15-/m0/s1. The van der Waals surface area contributed by atoms with Gasteiger partial charge in [0.1, 0.15) is 11.3 Å². The Balaban J connectivity index is 1.51. The molecule has 8 heteroatoms. The molecule has 0 radical (unpaired) electrons. The predicted octanol–water partition coefficient (Wildman–Crippen LogP) is 1.37. The Bertz CT molecular complexity index is 1040. The van der Waals surface area contributed by atoms with Crippen LogP contribution in [0.15, 0.2) is 27.4 Å². The Labute approximate surface area is 164 Å². The largest absolute Gasteiger partial charge is 0.507 e. The van der Waals surface area contributed by atoms with Crippen LogP contribution in [0.3, 0.4) is 0 Å². The lowest BCUT2D eigenvalue weighted by atomic mass is 10.0. The Kier molecular flexibility index (Phi) is 5.20. The van der Waals surface area contributed by atoms with E-state index < -0.39 is 15.5 Å². The number of phenols is 1. The molecule has 2 aliphatic rings. The van der Waals surface area contributed by atoms with Gasteiger partial charge in [0.2, 0.25) is 0 Å². The number of fused-ring (bicyclic) bond motifs is 1. The van der Waals surface area contributed by atoms with Gasteiger partial charge in [-0.25, -0.2) is 13.2 Å². The first-order valence-electron chi connectivity index (χ1n) is 9.80. The molecule has 0 amide bonds. The molecule has 0 bridgehead atoms. The van der Waals surface area contributed by atoms with Crippen LogP contribution in [0.4, 0.5) is 0 Å². The molecular formula is C20H26N2O5S. The molecule has 1 aromatic heterocycles. The summed E-state index contributed by atoms with van der Waals surface area (Å²) >= 11 is 0. The molecule has 0 spiro atoms. The van der Waals surface area contributed by atoms with Crippen molar-refractivity contribution >= 4 is 20.8 Å². The lowest BCUT2D eigenvalue weighted by Gasteiger charge is -2.37. The molecule has 0 aliphatic carbocycles. The summed E-state index contributed by atoms with van der Waals surface area (Å²) in [7, 11) is -2.88. The Morgan fingerprint density at radius 1 is 1.21 bits per heavy atom. The molecule has 152 valence electrons. The molecule has 2 saturated heterocycles. The third kappa shape index (κ3) is 3.81. The molecule has 1 aromatic carbocycles.